The zero-order valence-electron chi connectivity index (χ0n) is 14.0. The molecule has 1 aliphatic carbocycles. The van der Waals surface area contributed by atoms with E-state index >= 15 is 0 Å². The van der Waals surface area contributed by atoms with Crippen molar-refractivity contribution in [1.29, 1.82) is 0 Å². The molecule has 1 N–H and O–H groups in total. The molecule has 0 amide bonds. The van der Waals surface area contributed by atoms with Gasteiger partial charge in [-0.05, 0) is 56.6 Å². The molecule has 1 aromatic carbocycles. The van der Waals surface area contributed by atoms with Crippen molar-refractivity contribution in [2.75, 3.05) is 19.8 Å². The monoisotopic (exact) mass is 313 g/mol. The van der Waals surface area contributed by atoms with Crippen LogP contribution in [0.3, 0.4) is 0 Å². The second-order valence-corrected chi connectivity index (χ2v) is 7.07. The largest absolute Gasteiger partial charge is 0.381 e. The second kappa shape index (κ2) is 6.62. The number of ether oxygens (including phenoxy) is 1. The molecule has 0 unspecified atom stereocenters. The molecule has 4 heteroatoms. The summed E-state index contributed by atoms with van der Waals surface area (Å²) in [6.07, 6.45) is 5.26. The minimum absolute atomic E-state index is 0.689. The first-order valence-electron chi connectivity index (χ1n) is 9.06. The summed E-state index contributed by atoms with van der Waals surface area (Å²) >= 11 is 0. The number of hydrogen-bond acceptors (Lipinski definition) is 3. The molecule has 23 heavy (non-hydrogen) atoms. The number of para-hydroxylation sites is 2. The fourth-order valence-electron chi connectivity index (χ4n) is 4.07. The highest BCUT2D eigenvalue weighted by atomic mass is 16.5. The van der Waals surface area contributed by atoms with Gasteiger partial charge in [0.2, 0.25) is 0 Å². The smallest absolute Gasteiger partial charge is 0.106 e. The highest BCUT2D eigenvalue weighted by molar-refractivity contribution is 5.75. The van der Waals surface area contributed by atoms with E-state index in [0.717, 1.165) is 49.5 Å². The Kier molecular flexibility index (Phi) is 4.36. The zero-order valence-corrected chi connectivity index (χ0v) is 14.0. The Morgan fingerprint density at radius 2 is 1.91 bits per heavy atom. The van der Waals surface area contributed by atoms with Crippen LogP contribution in [-0.4, -0.2) is 35.4 Å². The van der Waals surface area contributed by atoms with Gasteiger partial charge in [0.15, 0.2) is 0 Å². The summed E-state index contributed by atoms with van der Waals surface area (Å²) in [6.45, 7) is 6.02. The molecule has 2 aromatic rings. The zero-order chi connectivity index (χ0) is 15.6. The molecule has 0 spiro atoms. The lowest BCUT2D eigenvalue weighted by Gasteiger charge is -2.31. The van der Waals surface area contributed by atoms with Crippen LogP contribution in [0.1, 0.15) is 31.5 Å². The standard InChI is InChI=1S/C19H27N3O/c1-14-21-17-4-2-3-5-18(17)22(14)11-10-20-19(15-6-7-15)16-8-12-23-13-9-16/h2-5,15-16,19-20H,6-13H2,1H3/t19-/m0/s1. The molecule has 0 bridgehead atoms. The van der Waals surface area contributed by atoms with Crippen molar-refractivity contribution >= 4 is 11.0 Å². The van der Waals surface area contributed by atoms with E-state index in [4.69, 9.17) is 4.74 Å². The Labute approximate surface area is 138 Å². The quantitative estimate of drug-likeness (QED) is 0.890. The van der Waals surface area contributed by atoms with Crippen LogP contribution < -0.4 is 5.32 Å². The summed E-state index contributed by atoms with van der Waals surface area (Å²) in [7, 11) is 0. The van der Waals surface area contributed by atoms with E-state index in [1.54, 1.807) is 0 Å². The van der Waals surface area contributed by atoms with E-state index < -0.39 is 0 Å². The van der Waals surface area contributed by atoms with Crippen molar-refractivity contribution in [2.24, 2.45) is 11.8 Å². The summed E-state index contributed by atoms with van der Waals surface area (Å²) < 4.78 is 7.88. The van der Waals surface area contributed by atoms with Gasteiger partial charge in [0.1, 0.15) is 5.82 Å². The average Bonchev–Trinajstić information content (AvgIpc) is 3.37. The van der Waals surface area contributed by atoms with Crippen molar-refractivity contribution in [3.63, 3.8) is 0 Å². The lowest BCUT2D eigenvalue weighted by Crippen LogP contribution is -2.42. The van der Waals surface area contributed by atoms with Crippen LogP contribution in [0.5, 0.6) is 0 Å². The van der Waals surface area contributed by atoms with Crippen LogP contribution in [0.2, 0.25) is 0 Å². The van der Waals surface area contributed by atoms with Gasteiger partial charge in [-0.15, -0.1) is 0 Å². The van der Waals surface area contributed by atoms with Gasteiger partial charge in [-0.2, -0.15) is 0 Å². The number of nitrogens with zero attached hydrogens (tertiary/aromatic N) is 2. The van der Waals surface area contributed by atoms with Gasteiger partial charge in [0.05, 0.1) is 11.0 Å². The molecule has 4 nitrogen and oxygen atoms in total. The third kappa shape index (κ3) is 3.29. The summed E-state index contributed by atoms with van der Waals surface area (Å²) in [6, 6.07) is 9.12. The van der Waals surface area contributed by atoms with Crippen LogP contribution in [0, 0.1) is 18.8 Å². The molecular formula is C19H27N3O. The Morgan fingerprint density at radius 3 is 2.70 bits per heavy atom. The highest BCUT2D eigenvalue weighted by Gasteiger charge is 2.36. The normalized spacial score (nSPS) is 20.9. The van der Waals surface area contributed by atoms with Gasteiger partial charge in [0.25, 0.3) is 0 Å². The van der Waals surface area contributed by atoms with Gasteiger partial charge in [-0.1, -0.05) is 12.1 Å². The fourth-order valence-corrected chi connectivity index (χ4v) is 4.07. The maximum atomic E-state index is 5.54. The van der Waals surface area contributed by atoms with Gasteiger partial charge >= 0.3 is 0 Å². The predicted molar refractivity (Wildman–Crippen MR) is 92.5 cm³/mol. The molecule has 124 valence electrons. The Morgan fingerprint density at radius 1 is 1.17 bits per heavy atom. The van der Waals surface area contributed by atoms with E-state index in [0.29, 0.717) is 6.04 Å². The maximum Gasteiger partial charge on any atom is 0.106 e. The summed E-state index contributed by atoms with van der Waals surface area (Å²) in [5.74, 6) is 2.82. The molecular weight excluding hydrogens is 286 g/mol. The number of rotatable bonds is 6. The van der Waals surface area contributed by atoms with Crippen molar-refractivity contribution in [3.8, 4) is 0 Å². The van der Waals surface area contributed by atoms with Crippen molar-refractivity contribution in [3.05, 3.63) is 30.1 Å². The minimum atomic E-state index is 0.689. The first-order chi connectivity index (χ1) is 11.3. The Balaban J connectivity index is 1.40. The van der Waals surface area contributed by atoms with Crippen LogP contribution in [0.4, 0.5) is 0 Å². The third-order valence-corrected chi connectivity index (χ3v) is 5.46. The van der Waals surface area contributed by atoms with Crippen molar-refractivity contribution in [2.45, 2.75) is 45.2 Å². The van der Waals surface area contributed by atoms with E-state index in [9.17, 15) is 0 Å². The number of imidazole rings is 1. The number of aryl methyl sites for hydroxylation is 1. The average molecular weight is 313 g/mol. The van der Waals surface area contributed by atoms with Crippen molar-refractivity contribution in [1.82, 2.24) is 14.9 Å². The topological polar surface area (TPSA) is 39.1 Å². The van der Waals surface area contributed by atoms with Crippen LogP contribution >= 0.6 is 0 Å². The Bertz CT molecular complexity index is 656. The van der Waals surface area contributed by atoms with E-state index in [1.165, 1.54) is 31.2 Å². The van der Waals surface area contributed by atoms with Gasteiger partial charge in [-0.25, -0.2) is 4.98 Å². The Hall–Kier alpha value is -1.39. The van der Waals surface area contributed by atoms with E-state index in [2.05, 4.69) is 46.1 Å². The molecule has 2 fully saturated rings. The fraction of sp³-hybridized carbons (Fsp3) is 0.632. The summed E-state index contributed by atoms with van der Waals surface area (Å²) in [5.41, 5.74) is 2.36. The first kappa shape index (κ1) is 15.2. The summed E-state index contributed by atoms with van der Waals surface area (Å²) in [5, 5.41) is 3.88. The van der Waals surface area contributed by atoms with Gasteiger partial charge < -0.3 is 14.6 Å². The molecule has 1 saturated heterocycles. The molecule has 0 radical (unpaired) electrons. The predicted octanol–water partition coefficient (Wildman–Crippen LogP) is 3.14. The lowest BCUT2D eigenvalue weighted by atomic mass is 9.88. The van der Waals surface area contributed by atoms with Gasteiger partial charge in [0, 0.05) is 32.3 Å². The van der Waals surface area contributed by atoms with Crippen LogP contribution in [0.25, 0.3) is 11.0 Å². The van der Waals surface area contributed by atoms with Crippen molar-refractivity contribution < 1.29 is 4.74 Å². The number of hydrogen-bond donors (Lipinski definition) is 1. The number of fused-ring (bicyclic) bond motifs is 1. The molecule has 2 heterocycles. The molecule has 1 aliphatic heterocycles. The number of nitrogens with one attached hydrogen (secondary N) is 1. The molecule has 4 rings (SSSR count). The highest BCUT2D eigenvalue weighted by Crippen LogP contribution is 2.38. The molecule has 2 aliphatic rings. The molecule has 1 saturated carbocycles. The van der Waals surface area contributed by atoms with E-state index in [-0.39, 0.29) is 0 Å². The van der Waals surface area contributed by atoms with Crippen LogP contribution in [0.15, 0.2) is 24.3 Å². The summed E-state index contributed by atoms with van der Waals surface area (Å²) in [4.78, 5) is 4.67. The SMILES string of the molecule is Cc1nc2ccccc2n1CCN[C@H](C1CCOCC1)C1CC1. The lowest BCUT2D eigenvalue weighted by molar-refractivity contribution is 0.0506. The van der Waals surface area contributed by atoms with E-state index in [1.807, 2.05) is 0 Å². The van der Waals surface area contributed by atoms with Crippen LogP contribution in [-0.2, 0) is 11.3 Å². The molecule has 1 aromatic heterocycles. The minimum Gasteiger partial charge on any atom is -0.381 e. The van der Waals surface area contributed by atoms with Gasteiger partial charge in [-0.3, -0.25) is 0 Å². The second-order valence-electron chi connectivity index (χ2n) is 7.07. The first-order valence-corrected chi connectivity index (χ1v) is 9.06. The molecule has 1 atom stereocenters. The maximum absolute atomic E-state index is 5.54. The number of aromatic nitrogens is 2. The number of benzene rings is 1. The third-order valence-electron chi connectivity index (χ3n) is 5.46.